The molecule has 4 fully saturated rings. The summed E-state index contributed by atoms with van der Waals surface area (Å²) in [7, 11) is 0. The summed E-state index contributed by atoms with van der Waals surface area (Å²) in [5, 5.41) is 39.1. The lowest BCUT2D eigenvalue weighted by Crippen LogP contribution is -2.82. The molecule has 2 bridgehead atoms. The Hall–Kier alpha value is -4.70. The molecular formula is C42H51NO14. The van der Waals surface area contributed by atoms with Crippen molar-refractivity contribution < 1.29 is 67.8 Å². The van der Waals surface area contributed by atoms with Crippen LogP contribution in [-0.2, 0) is 42.9 Å². The molecule has 4 N–H and O–H groups in total. The van der Waals surface area contributed by atoms with E-state index in [0.717, 1.165) is 6.92 Å². The molecule has 3 saturated carbocycles. The number of aliphatic hydroxyl groups is 3. The summed E-state index contributed by atoms with van der Waals surface area (Å²) in [6.45, 7) is 10.2. The van der Waals surface area contributed by atoms with Gasteiger partial charge in [-0.25, -0.2) is 14.4 Å². The number of carbonyl (C=O) groups is 6. The molecule has 1 heterocycles. The van der Waals surface area contributed by atoms with Gasteiger partial charge in [-0.2, -0.15) is 0 Å². The van der Waals surface area contributed by atoms with Crippen molar-refractivity contribution in [2.45, 2.75) is 121 Å². The molecule has 0 radical (unpaired) electrons. The second kappa shape index (κ2) is 14.9. The molecule has 15 heteroatoms. The minimum Gasteiger partial charge on any atom is -0.460 e. The van der Waals surface area contributed by atoms with Gasteiger partial charge in [0, 0.05) is 31.1 Å². The molecule has 6 rings (SSSR count). The van der Waals surface area contributed by atoms with Gasteiger partial charge in [-0.1, -0.05) is 62.4 Å². The number of hydrogen-bond donors (Lipinski definition) is 4. The molecule has 0 aromatic heterocycles. The number of esters is 3. The Morgan fingerprint density at radius 3 is 2.11 bits per heavy atom. The minimum atomic E-state index is -2.34. The van der Waals surface area contributed by atoms with Crippen molar-refractivity contribution in [1.82, 2.24) is 5.32 Å². The van der Waals surface area contributed by atoms with E-state index in [1.165, 1.54) is 32.9 Å². The zero-order chi connectivity index (χ0) is 41.9. The first kappa shape index (κ1) is 41.9. The van der Waals surface area contributed by atoms with Gasteiger partial charge in [-0.05, 0) is 51.8 Å². The number of ether oxygens (including phenoxy) is 5. The molecule has 308 valence electrons. The van der Waals surface area contributed by atoms with Gasteiger partial charge in [0.25, 0.3) is 0 Å². The molecule has 1 aliphatic heterocycles. The van der Waals surface area contributed by atoms with Crippen LogP contribution in [0.5, 0.6) is 0 Å². The number of rotatable bonds is 8. The molecule has 2 aromatic rings. The lowest BCUT2D eigenvalue weighted by Gasteiger charge is -2.67. The highest BCUT2D eigenvalue weighted by Gasteiger charge is 2.78. The van der Waals surface area contributed by atoms with E-state index in [1.807, 2.05) is 0 Å². The SMILES string of the molecule is CC(=O)O[C@@]12CO[C@@H]1C[C@H](O)[C@@]1(C)C(=O)C(=O)C3C[C@@H](OC(=O)[C@H](O)[C@@H](NC(=O)OC(C)(C)C)c4ccccc4)C[C@@](O)([C@@H](OC(=O)c4ccccc4)C12)C3(C)C. The number of fused-ring (bicyclic) bond motifs is 5. The summed E-state index contributed by atoms with van der Waals surface area (Å²) < 4.78 is 29.3. The number of benzene rings is 2. The Labute approximate surface area is 330 Å². The standard InChI is InChI=1S/C42H51NO14/c1-22(44)56-41-21-53-28(41)19-27(45)40(7)32(41)34(55-35(49)24-16-12-9-13-17-24)42(52)20-25(18-26(39(42,5)6)30(46)33(40)48)54-36(50)31(47)29(23-14-10-8-11-15-23)43-37(51)57-38(2,3)4/h8-17,25-29,31-32,34,45,47,52H,18-21H2,1-7H3,(H,43,51)/t25-,26?,27+,28-,29+,31-,32?,34+,40-,41+,42-/m1/s1. The molecular weight excluding hydrogens is 742 g/mol. The van der Waals surface area contributed by atoms with E-state index < -0.39 is 118 Å². The van der Waals surface area contributed by atoms with Crippen LogP contribution in [0.15, 0.2) is 60.7 Å². The number of aliphatic hydroxyl groups excluding tert-OH is 2. The quantitative estimate of drug-likeness (QED) is 0.171. The molecule has 2 unspecified atom stereocenters. The van der Waals surface area contributed by atoms with Crippen LogP contribution >= 0.6 is 0 Å². The van der Waals surface area contributed by atoms with E-state index in [2.05, 4.69) is 5.32 Å². The number of ketones is 2. The Bertz CT molecular complexity index is 1910. The number of amides is 1. The fourth-order valence-electron chi connectivity index (χ4n) is 9.37. The third kappa shape index (κ3) is 7.23. The third-order valence-electron chi connectivity index (χ3n) is 12.4. The van der Waals surface area contributed by atoms with E-state index in [-0.39, 0.29) is 25.0 Å². The van der Waals surface area contributed by atoms with Gasteiger partial charge >= 0.3 is 24.0 Å². The summed E-state index contributed by atoms with van der Waals surface area (Å²) in [5.74, 6) is -7.89. The van der Waals surface area contributed by atoms with E-state index in [0.29, 0.717) is 5.56 Å². The van der Waals surface area contributed by atoms with Gasteiger partial charge in [-0.3, -0.25) is 14.4 Å². The first-order chi connectivity index (χ1) is 26.6. The minimum absolute atomic E-state index is 0.0762. The summed E-state index contributed by atoms with van der Waals surface area (Å²) in [6.07, 6.45) is -9.69. The predicted octanol–water partition coefficient (Wildman–Crippen LogP) is 3.16. The maximum atomic E-state index is 14.7. The first-order valence-electron chi connectivity index (χ1n) is 19.1. The summed E-state index contributed by atoms with van der Waals surface area (Å²) >= 11 is 0. The normalized spacial score (nSPS) is 34.0. The molecule has 1 saturated heterocycles. The molecule has 4 aliphatic rings. The number of carbonyl (C=O) groups excluding carboxylic acids is 6. The largest absolute Gasteiger partial charge is 0.460 e. The van der Waals surface area contributed by atoms with E-state index in [9.17, 15) is 44.1 Å². The molecule has 3 aliphatic carbocycles. The Morgan fingerprint density at radius 1 is 0.930 bits per heavy atom. The van der Waals surface area contributed by atoms with Crippen LogP contribution in [0.25, 0.3) is 0 Å². The molecule has 2 aromatic carbocycles. The molecule has 1 amide bonds. The van der Waals surface area contributed by atoms with Gasteiger partial charge in [0.15, 0.2) is 11.7 Å². The average Bonchev–Trinajstić information content (AvgIpc) is 3.14. The maximum absolute atomic E-state index is 14.7. The van der Waals surface area contributed by atoms with Crippen molar-refractivity contribution in [2.24, 2.45) is 22.7 Å². The van der Waals surface area contributed by atoms with Crippen LogP contribution in [0.4, 0.5) is 4.79 Å². The van der Waals surface area contributed by atoms with Crippen LogP contribution in [0, 0.1) is 22.7 Å². The Balaban J connectivity index is 1.44. The van der Waals surface area contributed by atoms with E-state index in [4.69, 9.17) is 23.7 Å². The van der Waals surface area contributed by atoms with E-state index in [1.54, 1.807) is 69.3 Å². The van der Waals surface area contributed by atoms with Gasteiger partial charge in [-0.15, -0.1) is 0 Å². The zero-order valence-electron chi connectivity index (χ0n) is 33.1. The van der Waals surface area contributed by atoms with Gasteiger partial charge in [0.1, 0.15) is 29.5 Å². The van der Waals surface area contributed by atoms with Crippen LogP contribution < -0.4 is 5.32 Å². The van der Waals surface area contributed by atoms with Crippen LogP contribution in [0.2, 0.25) is 0 Å². The number of Topliss-reactive ketones (excluding diaryl/α,β-unsaturated/α-hetero) is 2. The smallest absolute Gasteiger partial charge is 0.408 e. The van der Waals surface area contributed by atoms with Gasteiger partial charge in [0.05, 0.1) is 35.6 Å². The number of nitrogens with one attached hydrogen (secondary N) is 1. The summed E-state index contributed by atoms with van der Waals surface area (Å²) in [6, 6.07) is 14.6. The lowest BCUT2D eigenvalue weighted by molar-refractivity contribution is -0.348. The van der Waals surface area contributed by atoms with Crippen molar-refractivity contribution in [3.05, 3.63) is 71.8 Å². The number of alkyl carbamates (subject to hydrolysis) is 1. The van der Waals surface area contributed by atoms with Crippen LogP contribution in [0.1, 0.15) is 89.7 Å². The average molecular weight is 794 g/mol. The van der Waals surface area contributed by atoms with Crippen molar-refractivity contribution in [3.63, 3.8) is 0 Å². The summed E-state index contributed by atoms with van der Waals surface area (Å²) in [5.41, 5.74) is -8.24. The Kier molecular flexibility index (Phi) is 11.0. The van der Waals surface area contributed by atoms with Crippen molar-refractivity contribution in [3.8, 4) is 0 Å². The van der Waals surface area contributed by atoms with Gasteiger partial charge in [0.2, 0.25) is 11.6 Å². The Morgan fingerprint density at radius 2 is 1.54 bits per heavy atom. The maximum Gasteiger partial charge on any atom is 0.408 e. The third-order valence-corrected chi connectivity index (χ3v) is 12.4. The topological polar surface area (TPSA) is 221 Å². The van der Waals surface area contributed by atoms with Crippen LogP contribution in [0.3, 0.4) is 0 Å². The van der Waals surface area contributed by atoms with Crippen molar-refractivity contribution >= 4 is 35.6 Å². The lowest BCUT2D eigenvalue weighted by atomic mass is 9.43. The fraction of sp³-hybridized carbons (Fsp3) is 0.571. The first-order valence-corrected chi connectivity index (χ1v) is 19.1. The highest BCUT2D eigenvalue weighted by Crippen LogP contribution is 2.63. The van der Waals surface area contributed by atoms with Crippen molar-refractivity contribution in [1.29, 1.82) is 0 Å². The second-order valence-corrected chi connectivity index (χ2v) is 17.4. The van der Waals surface area contributed by atoms with E-state index >= 15 is 0 Å². The number of hydrogen-bond acceptors (Lipinski definition) is 14. The summed E-state index contributed by atoms with van der Waals surface area (Å²) in [4.78, 5) is 83.0. The van der Waals surface area contributed by atoms with Crippen LogP contribution in [-0.4, -0.2) is 105 Å². The highest BCUT2D eigenvalue weighted by atomic mass is 16.6. The van der Waals surface area contributed by atoms with Crippen molar-refractivity contribution in [2.75, 3.05) is 6.61 Å². The predicted molar refractivity (Wildman–Crippen MR) is 198 cm³/mol. The molecule has 57 heavy (non-hydrogen) atoms. The second-order valence-electron chi connectivity index (χ2n) is 17.4. The molecule has 15 nitrogen and oxygen atoms in total. The zero-order valence-corrected chi connectivity index (χ0v) is 33.1. The fourth-order valence-corrected chi connectivity index (χ4v) is 9.37. The highest BCUT2D eigenvalue weighted by molar-refractivity contribution is 6.40. The monoisotopic (exact) mass is 793 g/mol. The van der Waals surface area contributed by atoms with Gasteiger partial charge < -0.3 is 44.3 Å². The molecule has 11 atom stereocenters. The molecule has 0 spiro atoms.